The molecular weight excluding hydrogens is 303 g/mol. The lowest BCUT2D eigenvalue weighted by Gasteiger charge is -1.97. The van der Waals surface area contributed by atoms with Crippen molar-refractivity contribution >= 4 is 22.6 Å². The van der Waals surface area contributed by atoms with E-state index in [1.165, 1.54) is 6.26 Å². The highest BCUT2D eigenvalue weighted by molar-refractivity contribution is 14.1. The van der Waals surface area contributed by atoms with Crippen molar-refractivity contribution in [2.75, 3.05) is 0 Å². The summed E-state index contributed by atoms with van der Waals surface area (Å²) in [5, 5.41) is 0. The van der Waals surface area contributed by atoms with Crippen LogP contribution in [0.15, 0.2) is 28.9 Å². The molecule has 0 radical (unpaired) electrons. The van der Waals surface area contributed by atoms with Crippen LogP contribution in [0, 0.1) is 15.5 Å². The Morgan fingerprint density at radius 1 is 1.29 bits per heavy atom. The van der Waals surface area contributed by atoms with Gasteiger partial charge < -0.3 is 4.42 Å². The fourth-order valence-electron chi connectivity index (χ4n) is 1.07. The van der Waals surface area contributed by atoms with Gasteiger partial charge in [0.1, 0.15) is 23.6 Å². The normalized spacial score (nSPS) is 10.5. The van der Waals surface area contributed by atoms with Crippen LogP contribution in [0.5, 0.6) is 0 Å². The summed E-state index contributed by atoms with van der Waals surface area (Å²) in [7, 11) is 0. The largest absolute Gasteiger partial charge is 0.440 e. The van der Waals surface area contributed by atoms with Crippen LogP contribution in [0.25, 0.3) is 11.3 Å². The van der Waals surface area contributed by atoms with Gasteiger partial charge in [-0.25, -0.2) is 13.8 Å². The third kappa shape index (κ3) is 1.77. The van der Waals surface area contributed by atoms with Gasteiger partial charge in [0.05, 0.1) is 0 Å². The predicted molar refractivity (Wildman–Crippen MR) is 54.6 cm³/mol. The molecule has 0 aliphatic carbocycles. The first-order valence-corrected chi connectivity index (χ1v) is 4.81. The van der Waals surface area contributed by atoms with E-state index in [2.05, 4.69) is 4.98 Å². The van der Waals surface area contributed by atoms with Crippen molar-refractivity contribution in [2.24, 2.45) is 0 Å². The van der Waals surface area contributed by atoms with Crippen LogP contribution >= 0.6 is 22.6 Å². The molecule has 0 N–H and O–H groups in total. The lowest BCUT2D eigenvalue weighted by molar-refractivity contribution is 0.525. The molecule has 0 bridgehead atoms. The lowest BCUT2D eigenvalue weighted by Crippen LogP contribution is -1.86. The SMILES string of the molecule is Fc1ccc(F)c(-c2coc(I)n2)c1. The maximum Gasteiger partial charge on any atom is 0.257 e. The van der Waals surface area contributed by atoms with E-state index in [9.17, 15) is 8.78 Å². The Hall–Kier alpha value is -0.980. The molecular formula is C9H4F2INO. The second-order valence-corrected chi connectivity index (χ2v) is 3.53. The third-order valence-electron chi connectivity index (χ3n) is 1.68. The number of nitrogens with zero attached hydrogens (tertiary/aromatic N) is 1. The summed E-state index contributed by atoms with van der Waals surface area (Å²) in [6, 6.07) is 3.21. The Balaban J connectivity index is 2.55. The second kappa shape index (κ2) is 3.64. The Labute approximate surface area is 92.1 Å². The molecule has 2 nitrogen and oxygen atoms in total. The maximum absolute atomic E-state index is 13.2. The van der Waals surface area contributed by atoms with Gasteiger partial charge in [-0.1, -0.05) is 0 Å². The number of hydrogen-bond acceptors (Lipinski definition) is 2. The summed E-state index contributed by atoms with van der Waals surface area (Å²) in [5.74, 6) is -1.02. The molecule has 1 aromatic heterocycles. The van der Waals surface area contributed by atoms with Crippen LogP contribution in [0.2, 0.25) is 0 Å². The van der Waals surface area contributed by atoms with Gasteiger partial charge in [0, 0.05) is 28.2 Å². The number of rotatable bonds is 1. The van der Waals surface area contributed by atoms with Gasteiger partial charge >= 0.3 is 0 Å². The standard InChI is InChI=1S/C9H4F2INO/c10-5-1-2-7(11)6(3-5)8-4-14-9(12)13-8/h1-4H. The summed E-state index contributed by atoms with van der Waals surface area (Å²) < 4.78 is 31.3. The highest BCUT2D eigenvalue weighted by Crippen LogP contribution is 2.23. The van der Waals surface area contributed by atoms with Gasteiger partial charge in [-0.05, 0) is 18.2 Å². The second-order valence-electron chi connectivity index (χ2n) is 2.61. The first-order valence-electron chi connectivity index (χ1n) is 3.73. The number of aromatic nitrogens is 1. The quantitative estimate of drug-likeness (QED) is 0.756. The Kier molecular flexibility index (Phi) is 2.49. The number of hydrogen-bond donors (Lipinski definition) is 0. The average Bonchev–Trinajstić information content (AvgIpc) is 2.56. The minimum Gasteiger partial charge on any atom is -0.440 e. The smallest absolute Gasteiger partial charge is 0.257 e. The summed E-state index contributed by atoms with van der Waals surface area (Å²) >= 11 is 1.85. The fourth-order valence-corrected chi connectivity index (χ4v) is 1.46. The Bertz CT molecular complexity index is 470. The molecule has 2 aromatic rings. The van der Waals surface area contributed by atoms with Gasteiger partial charge in [-0.2, -0.15) is 0 Å². The van der Waals surface area contributed by atoms with E-state index >= 15 is 0 Å². The van der Waals surface area contributed by atoms with Gasteiger partial charge in [-0.15, -0.1) is 0 Å². The van der Waals surface area contributed by atoms with Crippen LogP contribution in [-0.4, -0.2) is 4.98 Å². The van der Waals surface area contributed by atoms with Crippen LogP contribution < -0.4 is 0 Å². The molecule has 72 valence electrons. The monoisotopic (exact) mass is 307 g/mol. The predicted octanol–water partition coefficient (Wildman–Crippen LogP) is 3.22. The summed E-state index contributed by atoms with van der Waals surface area (Å²) in [6.45, 7) is 0. The molecule has 14 heavy (non-hydrogen) atoms. The zero-order chi connectivity index (χ0) is 10.1. The highest BCUT2D eigenvalue weighted by atomic mass is 127. The van der Waals surface area contributed by atoms with Gasteiger partial charge in [0.25, 0.3) is 3.90 Å². The van der Waals surface area contributed by atoms with Crippen molar-refractivity contribution < 1.29 is 13.2 Å². The molecule has 0 saturated heterocycles. The Morgan fingerprint density at radius 3 is 2.71 bits per heavy atom. The number of halogens is 3. The van der Waals surface area contributed by atoms with Gasteiger partial charge in [-0.3, -0.25) is 0 Å². The molecule has 0 unspecified atom stereocenters. The summed E-state index contributed by atoms with van der Waals surface area (Å²) in [4.78, 5) is 3.90. The lowest BCUT2D eigenvalue weighted by atomic mass is 10.1. The zero-order valence-corrected chi connectivity index (χ0v) is 8.96. The minimum absolute atomic E-state index is 0.108. The summed E-state index contributed by atoms with van der Waals surface area (Å²) in [5.41, 5.74) is 0.406. The maximum atomic E-state index is 13.2. The van der Waals surface area contributed by atoms with Crippen molar-refractivity contribution in [3.63, 3.8) is 0 Å². The minimum atomic E-state index is -0.517. The van der Waals surface area contributed by atoms with Crippen LogP contribution in [-0.2, 0) is 0 Å². The zero-order valence-electron chi connectivity index (χ0n) is 6.80. The molecule has 0 saturated carbocycles. The van der Waals surface area contributed by atoms with Crippen LogP contribution in [0.1, 0.15) is 0 Å². The van der Waals surface area contributed by atoms with Gasteiger partial charge in [0.2, 0.25) is 0 Å². The van der Waals surface area contributed by atoms with Crippen molar-refractivity contribution in [1.29, 1.82) is 0 Å². The van der Waals surface area contributed by atoms with E-state index in [1.807, 2.05) is 22.6 Å². The van der Waals surface area contributed by atoms with E-state index in [0.717, 1.165) is 18.2 Å². The molecule has 0 fully saturated rings. The Morgan fingerprint density at radius 2 is 2.07 bits per heavy atom. The fraction of sp³-hybridized carbons (Fsp3) is 0. The van der Waals surface area contributed by atoms with Crippen molar-refractivity contribution in [1.82, 2.24) is 4.98 Å². The molecule has 0 amide bonds. The molecule has 5 heteroatoms. The molecule has 1 aromatic carbocycles. The molecule has 2 rings (SSSR count). The molecule has 0 aliphatic rings. The number of oxazole rings is 1. The van der Waals surface area contributed by atoms with Crippen LogP contribution in [0.4, 0.5) is 8.78 Å². The summed E-state index contributed by atoms with van der Waals surface area (Å²) in [6.07, 6.45) is 1.29. The topological polar surface area (TPSA) is 26.0 Å². The van der Waals surface area contributed by atoms with Gasteiger partial charge in [0.15, 0.2) is 0 Å². The van der Waals surface area contributed by atoms with Crippen molar-refractivity contribution in [3.8, 4) is 11.3 Å². The molecule has 1 heterocycles. The first kappa shape index (κ1) is 9.57. The first-order chi connectivity index (χ1) is 6.66. The molecule has 0 atom stereocenters. The molecule has 0 spiro atoms. The van der Waals surface area contributed by atoms with E-state index in [-0.39, 0.29) is 5.56 Å². The average molecular weight is 307 g/mol. The van der Waals surface area contributed by atoms with Crippen molar-refractivity contribution in [3.05, 3.63) is 40.0 Å². The molecule has 0 aliphatic heterocycles. The number of benzene rings is 1. The van der Waals surface area contributed by atoms with E-state index < -0.39 is 11.6 Å². The van der Waals surface area contributed by atoms with E-state index in [1.54, 1.807) is 0 Å². The third-order valence-corrected chi connectivity index (χ3v) is 2.18. The van der Waals surface area contributed by atoms with Crippen LogP contribution in [0.3, 0.4) is 0 Å². The van der Waals surface area contributed by atoms with Crippen molar-refractivity contribution in [2.45, 2.75) is 0 Å². The van der Waals surface area contributed by atoms with E-state index in [0.29, 0.717) is 9.59 Å². The van der Waals surface area contributed by atoms with E-state index in [4.69, 9.17) is 4.42 Å². The highest BCUT2D eigenvalue weighted by Gasteiger charge is 2.10.